The van der Waals surface area contributed by atoms with E-state index in [0.717, 1.165) is 25.7 Å². The molecular weight excluding hydrogens is 208 g/mol. The lowest BCUT2D eigenvalue weighted by Crippen LogP contribution is -2.42. The van der Waals surface area contributed by atoms with Crippen molar-refractivity contribution >= 4 is 5.97 Å². The van der Waals surface area contributed by atoms with Crippen LogP contribution in [-0.4, -0.2) is 36.5 Å². The van der Waals surface area contributed by atoms with Gasteiger partial charge in [0, 0.05) is 6.61 Å². The maximum Gasteiger partial charge on any atom is 0.335 e. The van der Waals surface area contributed by atoms with Gasteiger partial charge in [-0.05, 0) is 32.6 Å². The molecule has 0 aromatic carbocycles. The molecule has 1 aliphatic rings. The van der Waals surface area contributed by atoms with E-state index in [1.165, 1.54) is 0 Å². The molecule has 0 bridgehead atoms. The lowest BCUT2D eigenvalue weighted by atomic mass is 9.94. The van der Waals surface area contributed by atoms with Crippen molar-refractivity contribution < 1.29 is 19.4 Å². The van der Waals surface area contributed by atoms with Gasteiger partial charge >= 0.3 is 5.97 Å². The van der Waals surface area contributed by atoms with Crippen LogP contribution in [0.15, 0.2) is 0 Å². The molecule has 0 heterocycles. The Hall–Kier alpha value is -0.610. The van der Waals surface area contributed by atoms with E-state index >= 15 is 0 Å². The quantitative estimate of drug-likeness (QED) is 0.561. The summed E-state index contributed by atoms with van der Waals surface area (Å²) in [6.45, 7) is 3.41. The maximum absolute atomic E-state index is 11.3. The van der Waals surface area contributed by atoms with Crippen LogP contribution in [0.4, 0.5) is 0 Å². The summed E-state index contributed by atoms with van der Waals surface area (Å²) in [5.74, 6) is -0.814. The molecule has 1 rings (SSSR count). The summed E-state index contributed by atoms with van der Waals surface area (Å²) in [4.78, 5) is 11.3. The van der Waals surface area contributed by atoms with Gasteiger partial charge in [-0.15, -0.1) is 0 Å². The average molecular weight is 230 g/mol. The highest BCUT2D eigenvalue weighted by atomic mass is 16.6. The van der Waals surface area contributed by atoms with Gasteiger partial charge < -0.3 is 14.6 Å². The van der Waals surface area contributed by atoms with Crippen LogP contribution < -0.4 is 0 Å². The molecule has 4 nitrogen and oxygen atoms in total. The minimum atomic E-state index is -0.951. The van der Waals surface area contributed by atoms with Crippen molar-refractivity contribution in [3.05, 3.63) is 0 Å². The van der Waals surface area contributed by atoms with Crippen molar-refractivity contribution in [2.75, 3.05) is 19.8 Å². The van der Waals surface area contributed by atoms with Crippen molar-refractivity contribution in [2.45, 2.75) is 51.0 Å². The fourth-order valence-electron chi connectivity index (χ4n) is 2.16. The Morgan fingerprint density at radius 1 is 1.19 bits per heavy atom. The maximum atomic E-state index is 11.3. The van der Waals surface area contributed by atoms with E-state index in [4.69, 9.17) is 9.47 Å². The minimum absolute atomic E-state index is 0.375. The molecule has 0 amide bonds. The van der Waals surface area contributed by atoms with Crippen LogP contribution in [0.5, 0.6) is 0 Å². The molecule has 16 heavy (non-hydrogen) atoms. The minimum Gasteiger partial charge on any atom is -0.479 e. The first kappa shape index (κ1) is 13.5. The van der Waals surface area contributed by atoms with Crippen LogP contribution in [0, 0.1) is 0 Å². The standard InChI is InChI=1S/C12H22O4/c1-2-15-9-10-16-12(11(13)14)7-5-3-4-6-8-12/h2-10H2,1H3,(H,13,14). The second kappa shape index (κ2) is 6.86. The third kappa shape index (κ3) is 3.76. The van der Waals surface area contributed by atoms with E-state index in [1.807, 2.05) is 6.92 Å². The lowest BCUT2D eigenvalue weighted by molar-refractivity contribution is -0.170. The first-order chi connectivity index (χ1) is 7.71. The zero-order chi connectivity index (χ0) is 11.9. The molecule has 0 aromatic heterocycles. The molecule has 1 saturated carbocycles. The molecule has 1 aliphatic carbocycles. The number of carboxylic acid groups (broad SMARTS) is 1. The topological polar surface area (TPSA) is 55.8 Å². The van der Waals surface area contributed by atoms with Gasteiger partial charge in [-0.3, -0.25) is 0 Å². The van der Waals surface area contributed by atoms with Crippen molar-refractivity contribution in [3.8, 4) is 0 Å². The molecule has 1 fully saturated rings. The van der Waals surface area contributed by atoms with Gasteiger partial charge in [-0.25, -0.2) is 4.79 Å². The molecule has 0 aromatic rings. The average Bonchev–Trinajstić information content (AvgIpc) is 2.51. The molecule has 94 valence electrons. The highest BCUT2D eigenvalue weighted by molar-refractivity contribution is 5.77. The lowest BCUT2D eigenvalue weighted by Gasteiger charge is -2.28. The van der Waals surface area contributed by atoms with Crippen LogP contribution in [0.2, 0.25) is 0 Å². The Kier molecular flexibility index (Phi) is 5.77. The Morgan fingerprint density at radius 2 is 1.81 bits per heavy atom. The Morgan fingerprint density at radius 3 is 2.31 bits per heavy atom. The summed E-state index contributed by atoms with van der Waals surface area (Å²) in [6.07, 6.45) is 5.39. The van der Waals surface area contributed by atoms with E-state index < -0.39 is 11.6 Å². The highest BCUT2D eigenvalue weighted by Crippen LogP contribution is 2.30. The van der Waals surface area contributed by atoms with Gasteiger partial charge in [0.25, 0.3) is 0 Å². The molecule has 0 spiro atoms. The van der Waals surface area contributed by atoms with Crippen LogP contribution >= 0.6 is 0 Å². The van der Waals surface area contributed by atoms with Gasteiger partial charge in [0.15, 0.2) is 5.60 Å². The summed E-state index contributed by atoms with van der Waals surface area (Å²) in [6, 6.07) is 0. The first-order valence-electron chi connectivity index (χ1n) is 6.16. The molecule has 0 radical (unpaired) electrons. The predicted molar refractivity (Wildman–Crippen MR) is 60.5 cm³/mol. The van der Waals surface area contributed by atoms with Crippen LogP contribution in [0.25, 0.3) is 0 Å². The molecular formula is C12H22O4. The number of hydrogen-bond donors (Lipinski definition) is 1. The van der Waals surface area contributed by atoms with E-state index in [-0.39, 0.29) is 0 Å². The summed E-state index contributed by atoms with van der Waals surface area (Å²) in [5.41, 5.74) is -0.951. The Balaban J connectivity index is 2.46. The summed E-state index contributed by atoms with van der Waals surface area (Å²) in [5, 5.41) is 9.30. The monoisotopic (exact) mass is 230 g/mol. The SMILES string of the molecule is CCOCCOC1(C(=O)O)CCCCCC1. The predicted octanol–water partition coefficient (Wildman–Crippen LogP) is 2.22. The van der Waals surface area contributed by atoms with Gasteiger partial charge in [-0.2, -0.15) is 0 Å². The van der Waals surface area contributed by atoms with Gasteiger partial charge in [0.2, 0.25) is 0 Å². The fourth-order valence-corrected chi connectivity index (χ4v) is 2.16. The second-order valence-corrected chi connectivity index (χ2v) is 4.26. The Bertz CT molecular complexity index is 207. The second-order valence-electron chi connectivity index (χ2n) is 4.26. The number of carboxylic acids is 1. The van der Waals surface area contributed by atoms with Crippen LogP contribution in [0.1, 0.15) is 45.4 Å². The smallest absolute Gasteiger partial charge is 0.335 e. The van der Waals surface area contributed by atoms with E-state index in [0.29, 0.717) is 32.7 Å². The zero-order valence-electron chi connectivity index (χ0n) is 10.0. The van der Waals surface area contributed by atoms with Crippen LogP contribution in [-0.2, 0) is 14.3 Å². The molecule has 1 N–H and O–H groups in total. The third-order valence-electron chi connectivity index (χ3n) is 3.11. The van der Waals surface area contributed by atoms with Crippen molar-refractivity contribution in [1.29, 1.82) is 0 Å². The van der Waals surface area contributed by atoms with Crippen molar-refractivity contribution in [2.24, 2.45) is 0 Å². The normalized spacial score (nSPS) is 20.3. The van der Waals surface area contributed by atoms with Crippen molar-refractivity contribution in [3.63, 3.8) is 0 Å². The number of ether oxygens (including phenoxy) is 2. The number of carbonyl (C=O) groups is 1. The van der Waals surface area contributed by atoms with Gasteiger partial charge in [0.1, 0.15) is 0 Å². The molecule has 4 heteroatoms. The Labute approximate surface area is 96.9 Å². The summed E-state index contributed by atoms with van der Waals surface area (Å²) in [7, 11) is 0. The van der Waals surface area contributed by atoms with E-state index in [9.17, 15) is 9.90 Å². The molecule has 0 atom stereocenters. The third-order valence-corrected chi connectivity index (χ3v) is 3.11. The van der Waals surface area contributed by atoms with Crippen LogP contribution in [0.3, 0.4) is 0 Å². The fraction of sp³-hybridized carbons (Fsp3) is 0.917. The zero-order valence-corrected chi connectivity index (χ0v) is 10.0. The van der Waals surface area contributed by atoms with E-state index in [1.54, 1.807) is 0 Å². The molecule has 0 saturated heterocycles. The molecule has 0 aliphatic heterocycles. The summed E-state index contributed by atoms with van der Waals surface area (Å²) >= 11 is 0. The number of aliphatic carboxylic acids is 1. The number of rotatable bonds is 6. The largest absolute Gasteiger partial charge is 0.479 e. The highest BCUT2D eigenvalue weighted by Gasteiger charge is 2.39. The molecule has 0 unspecified atom stereocenters. The summed E-state index contributed by atoms with van der Waals surface area (Å²) < 4.78 is 10.8. The van der Waals surface area contributed by atoms with Gasteiger partial charge in [-0.1, -0.05) is 12.8 Å². The van der Waals surface area contributed by atoms with Gasteiger partial charge in [0.05, 0.1) is 13.2 Å². The first-order valence-corrected chi connectivity index (χ1v) is 6.16. The van der Waals surface area contributed by atoms with Crippen molar-refractivity contribution in [1.82, 2.24) is 0 Å². The van der Waals surface area contributed by atoms with E-state index in [2.05, 4.69) is 0 Å². The number of hydrogen-bond acceptors (Lipinski definition) is 3.